The van der Waals surface area contributed by atoms with Crippen LogP contribution in [0.2, 0.25) is 0 Å². The zero-order valence-electron chi connectivity index (χ0n) is 12.1. The van der Waals surface area contributed by atoms with Gasteiger partial charge in [0.05, 0.1) is 18.2 Å². The summed E-state index contributed by atoms with van der Waals surface area (Å²) < 4.78 is 10.4. The van der Waals surface area contributed by atoms with Crippen molar-refractivity contribution in [2.75, 3.05) is 7.11 Å². The van der Waals surface area contributed by atoms with Crippen LogP contribution in [-0.2, 0) is 4.74 Å². The molecule has 0 atom stereocenters. The standard InChI is InChI=1S/C17H12N2O3/c1-11-3-6-15(17(20)21-2)16(7-11)22-14-5-4-12(9-18)13(8-14)10-19/h3-8H,1-2H3. The Bertz CT molecular complexity index is 814. The number of hydrogen-bond acceptors (Lipinski definition) is 5. The quantitative estimate of drug-likeness (QED) is 0.810. The van der Waals surface area contributed by atoms with Gasteiger partial charge in [0, 0.05) is 0 Å². The monoisotopic (exact) mass is 292 g/mol. The molecule has 0 aromatic heterocycles. The topological polar surface area (TPSA) is 83.1 Å². The van der Waals surface area contributed by atoms with E-state index in [0.29, 0.717) is 11.5 Å². The smallest absolute Gasteiger partial charge is 0.341 e. The Kier molecular flexibility index (Phi) is 4.41. The van der Waals surface area contributed by atoms with Gasteiger partial charge in [-0.1, -0.05) is 6.07 Å². The van der Waals surface area contributed by atoms with E-state index >= 15 is 0 Å². The van der Waals surface area contributed by atoms with E-state index in [9.17, 15) is 4.79 Å². The van der Waals surface area contributed by atoms with E-state index in [4.69, 9.17) is 20.0 Å². The number of aryl methyl sites for hydroxylation is 1. The summed E-state index contributed by atoms with van der Waals surface area (Å²) in [5.41, 5.74) is 1.69. The Morgan fingerprint density at radius 2 is 1.77 bits per heavy atom. The Labute approximate surface area is 127 Å². The fourth-order valence-corrected chi connectivity index (χ4v) is 1.90. The van der Waals surface area contributed by atoms with Crippen molar-refractivity contribution in [3.63, 3.8) is 0 Å². The van der Waals surface area contributed by atoms with Crippen LogP contribution in [0.25, 0.3) is 0 Å². The predicted molar refractivity (Wildman–Crippen MR) is 78.5 cm³/mol. The Balaban J connectivity index is 2.43. The maximum atomic E-state index is 11.8. The molecule has 0 aliphatic heterocycles. The summed E-state index contributed by atoms with van der Waals surface area (Å²) in [5, 5.41) is 17.9. The number of hydrogen-bond donors (Lipinski definition) is 0. The number of nitrogens with zero attached hydrogens (tertiary/aromatic N) is 2. The third-order valence-corrected chi connectivity index (χ3v) is 3.00. The lowest BCUT2D eigenvalue weighted by molar-refractivity contribution is 0.0598. The fourth-order valence-electron chi connectivity index (χ4n) is 1.90. The minimum Gasteiger partial charge on any atom is -0.465 e. The molecule has 2 aromatic carbocycles. The average Bonchev–Trinajstić information content (AvgIpc) is 2.54. The van der Waals surface area contributed by atoms with Crippen LogP contribution in [0.15, 0.2) is 36.4 Å². The second-order valence-electron chi connectivity index (χ2n) is 4.52. The van der Waals surface area contributed by atoms with Gasteiger partial charge in [0.1, 0.15) is 29.2 Å². The highest BCUT2D eigenvalue weighted by Gasteiger charge is 2.14. The number of rotatable bonds is 3. The van der Waals surface area contributed by atoms with E-state index < -0.39 is 5.97 Å². The lowest BCUT2D eigenvalue weighted by atomic mass is 10.1. The van der Waals surface area contributed by atoms with Gasteiger partial charge in [0.15, 0.2) is 0 Å². The molecule has 0 spiro atoms. The van der Waals surface area contributed by atoms with Gasteiger partial charge in [-0.05, 0) is 42.8 Å². The lowest BCUT2D eigenvalue weighted by Gasteiger charge is -2.11. The summed E-state index contributed by atoms with van der Waals surface area (Å²) in [6, 6.07) is 13.5. The number of methoxy groups -OCH3 is 1. The van der Waals surface area contributed by atoms with Crippen LogP contribution in [0, 0.1) is 29.6 Å². The molecule has 0 unspecified atom stereocenters. The van der Waals surface area contributed by atoms with Gasteiger partial charge in [0.25, 0.3) is 0 Å². The SMILES string of the molecule is COC(=O)c1ccc(C)cc1Oc1ccc(C#N)c(C#N)c1. The highest BCUT2D eigenvalue weighted by molar-refractivity contribution is 5.92. The van der Waals surface area contributed by atoms with Crippen LogP contribution < -0.4 is 4.74 Å². The third-order valence-electron chi connectivity index (χ3n) is 3.00. The number of carbonyl (C=O) groups is 1. The van der Waals surface area contributed by atoms with Gasteiger partial charge in [-0.3, -0.25) is 0 Å². The largest absolute Gasteiger partial charge is 0.465 e. The van der Waals surface area contributed by atoms with Gasteiger partial charge in [-0.2, -0.15) is 10.5 Å². The molecule has 2 aromatic rings. The summed E-state index contributed by atoms with van der Waals surface area (Å²) in [6.45, 7) is 1.87. The van der Waals surface area contributed by atoms with Crippen LogP contribution in [0.4, 0.5) is 0 Å². The second-order valence-corrected chi connectivity index (χ2v) is 4.52. The zero-order chi connectivity index (χ0) is 16.1. The molecule has 0 N–H and O–H groups in total. The molecular formula is C17H12N2O3. The molecule has 108 valence electrons. The minimum absolute atomic E-state index is 0.215. The van der Waals surface area contributed by atoms with Crippen molar-refractivity contribution < 1.29 is 14.3 Å². The summed E-state index contributed by atoms with van der Waals surface area (Å²) in [5.74, 6) is 0.191. The van der Waals surface area contributed by atoms with Crippen molar-refractivity contribution in [1.29, 1.82) is 10.5 Å². The fraction of sp³-hybridized carbons (Fsp3) is 0.118. The van der Waals surface area contributed by atoms with E-state index in [-0.39, 0.29) is 16.7 Å². The Morgan fingerprint density at radius 3 is 2.41 bits per heavy atom. The van der Waals surface area contributed by atoms with Crippen molar-refractivity contribution in [2.24, 2.45) is 0 Å². The van der Waals surface area contributed by atoms with E-state index in [2.05, 4.69) is 0 Å². The van der Waals surface area contributed by atoms with Crippen LogP contribution >= 0.6 is 0 Å². The van der Waals surface area contributed by atoms with Crippen molar-refractivity contribution in [1.82, 2.24) is 0 Å². The van der Waals surface area contributed by atoms with Crippen molar-refractivity contribution in [3.8, 4) is 23.6 Å². The maximum Gasteiger partial charge on any atom is 0.341 e. The van der Waals surface area contributed by atoms with Gasteiger partial charge in [0.2, 0.25) is 0 Å². The minimum atomic E-state index is -0.510. The van der Waals surface area contributed by atoms with Crippen LogP contribution in [0.1, 0.15) is 27.0 Å². The second kappa shape index (κ2) is 6.43. The van der Waals surface area contributed by atoms with Crippen LogP contribution in [0.3, 0.4) is 0 Å². The molecule has 0 saturated carbocycles. The molecule has 22 heavy (non-hydrogen) atoms. The number of esters is 1. The molecular weight excluding hydrogens is 280 g/mol. The molecule has 0 aliphatic carbocycles. The highest BCUT2D eigenvalue weighted by Crippen LogP contribution is 2.28. The van der Waals surface area contributed by atoms with Crippen molar-refractivity contribution in [2.45, 2.75) is 6.92 Å². The molecule has 5 heteroatoms. The molecule has 0 aliphatic rings. The summed E-state index contributed by atoms with van der Waals surface area (Å²) in [6.07, 6.45) is 0. The molecule has 0 fully saturated rings. The lowest BCUT2D eigenvalue weighted by Crippen LogP contribution is -2.04. The number of nitriles is 2. The van der Waals surface area contributed by atoms with Gasteiger partial charge < -0.3 is 9.47 Å². The molecule has 2 rings (SSSR count). The van der Waals surface area contributed by atoms with Gasteiger partial charge in [-0.15, -0.1) is 0 Å². The van der Waals surface area contributed by atoms with E-state index in [1.807, 2.05) is 19.1 Å². The molecule has 0 amide bonds. The summed E-state index contributed by atoms with van der Waals surface area (Å²) in [4.78, 5) is 11.8. The highest BCUT2D eigenvalue weighted by atomic mass is 16.5. The molecule has 0 radical (unpaired) electrons. The number of benzene rings is 2. The predicted octanol–water partition coefficient (Wildman–Crippen LogP) is 3.32. The molecule has 5 nitrogen and oxygen atoms in total. The number of ether oxygens (including phenoxy) is 2. The van der Waals surface area contributed by atoms with E-state index in [1.54, 1.807) is 24.3 Å². The molecule has 0 bridgehead atoms. The first-order valence-corrected chi connectivity index (χ1v) is 6.40. The van der Waals surface area contributed by atoms with Crippen LogP contribution in [0.5, 0.6) is 11.5 Å². The van der Waals surface area contributed by atoms with E-state index in [0.717, 1.165) is 5.56 Å². The first-order chi connectivity index (χ1) is 10.6. The normalized spacial score (nSPS) is 9.45. The number of carbonyl (C=O) groups excluding carboxylic acids is 1. The van der Waals surface area contributed by atoms with E-state index in [1.165, 1.54) is 19.2 Å². The third kappa shape index (κ3) is 3.05. The van der Waals surface area contributed by atoms with Gasteiger partial charge in [-0.25, -0.2) is 4.79 Å². The average molecular weight is 292 g/mol. The van der Waals surface area contributed by atoms with Crippen molar-refractivity contribution in [3.05, 3.63) is 58.7 Å². The molecule has 0 saturated heterocycles. The molecule has 0 heterocycles. The van der Waals surface area contributed by atoms with Crippen molar-refractivity contribution >= 4 is 5.97 Å². The maximum absolute atomic E-state index is 11.8. The zero-order valence-corrected chi connectivity index (χ0v) is 12.1. The first-order valence-electron chi connectivity index (χ1n) is 6.40. The van der Waals surface area contributed by atoms with Gasteiger partial charge >= 0.3 is 5.97 Å². The van der Waals surface area contributed by atoms with Crippen LogP contribution in [-0.4, -0.2) is 13.1 Å². The summed E-state index contributed by atoms with van der Waals surface area (Å²) >= 11 is 0. The Morgan fingerprint density at radius 1 is 1.05 bits per heavy atom. The first kappa shape index (κ1) is 15.1. The Hall–Kier alpha value is -3.31. The summed E-state index contributed by atoms with van der Waals surface area (Å²) in [7, 11) is 1.29.